The normalized spacial score (nSPS) is 18.3. The second kappa shape index (κ2) is 7.96. The van der Waals surface area contributed by atoms with E-state index >= 15 is 0 Å². The van der Waals surface area contributed by atoms with Crippen LogP contribution in [0, 0.1) is 0 Å². The van der Waals surface area contributed by atoms with E-state index in [2.05, 4.69) is 0 Å². The molecule has 0 aromatic heterocycles. The van der Waals surface area contributed by atoms with Gasteiger partial charge >= 0.3 is 13.3 Å². The molecule has 2 aromatic carbocycles. The first-order valence-corrected chi connectivity index (χ1v) is 10.1. The summed E-state index contributed by atoms with van der Waals surface area (Å²) in [4.78, 5) is 14.7. The molecule has 1 fully saturated rings. The van der Waals surface area contributed by atoms with Crippen LogP contribution >= 0.6 is 0 Å². The molecule has 2 aromatic rings. The van der Waals surface area contributed by atoms with E-state index in [1.807, 2.05) is 18.7 Å². The molecule has 0 saturated carbocycles. The van der Waals surface area contributed by atoms with Crippen LogP contribution in [0.25, 0.3) is 0 Å². The number of carbonyl (C=O) groups excluding carboxylic acids is 1. The van der Waals surface area contributed by atoms with Crippen molar-refractivity contribution in [1.29, 1.82) is 0 Å². The van der Waals surface area contributed by atoms with Crippen LogP contribution in [0.5, 0.6) is 0 Å². The highest BCUT2D eigenvalue weighted by Gasteiger charge is 2.41. The van der Waals surface area contributed by atoms with E-state index < -0.39 is 30.2 Å². The molecule has 0 amide bonds. The third-order valence-corrected chi connectivity index (χ3v) is 5.79. The topological polar surface area (TPSA) is 59.0 Å². The first kappa shape index (κ1) is 21.9. The SMILES string of the molecule is CC1(C)OB(O)c2cc(CC(=O)c3ccc(N4CCOCC4)cc3C(F)(F)F)ccc21. The van der Waals surface area contributed by atoms with Crippen LogP contribution < -0.4 is 10.4 Å². The number of alkyl halides is 3. The van der Waals surface area contributed by atoms with Gasteiger partial charge in [-0.25, -0.2) is 0 Å². The molecule has 0 spiro atoms. The van der Waals surface area contributed by atoms with Crippen molar-refractivity contribution < 1.29 is 32.4 Å². The zero-order chi connectivity index (χ0) is 22.4. The zero-order valence-electron chi connectivity index (χ0n) is 17.3. The van der Waals surface area contributed by atoms with Gasteiger partial charge in [-0.3, -0.25) is 4.79 Å². The number of hydrogen-bond acceptors (Lipinski definition) is 5. The fourth-order valence-corrected chi connectivity index (χ4v) is 4.19. The monoisotopic (exact) mass is 433 g/mol. The van der Waals surface area contributed by atoms with Gasteiger partial charge in [-0.15, -0.1) is 0 Å². The van der Waals surface area contributed by atoms with Gasteiger partial charge in [-0.2, -0.15) is 13.2 Å². The summed E-state index contributed by atoms with van der Waals surface area (Å²) < 4.78 is 52.1. The maximum atomic E-state index is 13.8. The highest BCUT2D eigenvalue weighted by Crippen LogP contribution is 2.36. The van der Waals surface area contributed by atoms with E-state index in [1.54, 1.807) is 24.3 Å². The Morgan fingerprint density at radius 2 is 1.87 bits per heavy atom. The third kappa shape index (κ3) is 4.35. The predicted molar refractivity (Wildman–Crippen MR) is 111 cm³/mol. The average molecular weight is 433 g/mol. The number of morpholine rings is 1. The van der Waals surface area contributed by atoms with Crippen molar-refractivity contribution in [3.8, 4) is 0 Å². The molecule has 0 aliphatic carbocycles. The summed E-state index contributed by atoms with van der Waals surface area (Å²) in [7, 11) is -1.13. The standard InChI is InChI=1S/C22H23BF3NO4/c1-21(2)17-6-3-14(11-19(17)23(29)31-21)12-20(28)16-5-4-15(13-18(16)22(24,25)26)27-7-9-30-10-8-27/h3-6,11,13,29H,7-10,12H2,1-2H3. The second-order valence-electron chi connectivity index (χ2n) is 8.33. The number of ether oxygens (including phenoxy) is 1. The Hall–Kier alpha value is -2.36. The van der Waals surface area contributed by atoms with Crippen molar-refractivity contribution in [2.45, 2.75) is 32.0 Å². The number of halogens is 3. The lowest BCUT2D eigenvalue weighted by molar-refractivity contribution is -0.137. The molecule has 5 nitrogen and oxygen atoms in total. The minimum atomic E-state index is -4.65. The van der Waals surface area contributed by atoms with Gasteiger partial charge in [0.15, 0.2) is 5.78 Å². The zero-order valence-corrected chi connectivity index (χ0v) is 17.3. The number of rotatable bonds is 4. The minimum Gasteiger partial charge on any atom is -0.423 e. The fourth-order valence-electron chi connectivity index (χ4n) is 4.19. The number of fused-ring (bicyclic) bond motifs is 1. The van der Waals surface area contributed by atoms with Gasteiger partial charge < -0.3 is 19.3 Å². The van der Waals surface area contributed by atoms with Gasteiger partial charge in [-0.05, 0) is 48.6 Å². The van der Waals surface area contributed by atoms with Crippen LogP contribution in [0.3, 0.4) is 0 Å². The molecule has 0 bridgehead atoms. The number of ketones is 1. The van der Waals surface area contributed by atoms with E-state index in [0.29, 0.717) is 43.0 Å². The number of anilines is 1. The summed E-state index contributed by atoms with van der Waals surface area (Å²) in [6.07, 6.45) is -4.86. The van der Waals surface area contributed by atoms with Gasteiger partial charge in [0.05, 0.1) is 24.4 Å². The van der Waals surface area contributed by atoms with Gasteiger partial charge in [0.1, 0.15) is 0 Å². The van der Waals surface area contributed by atoms with E-state index in [0.717, 1.165) is 11.6 Å². The molecule has 2 heterocycles. The van der Waals surface area contributed by atoms with E-state index in [1.165, 1.54) is 6.07 Å². The Balaban J connectivity index is 1.62. The maximum Gasteiger partial charge on any atom is 0.492 e. The summed E-state index contributed by atoms with van der Waals surface area (Å²) in [5, 5.41) is 10.1. The van der Waals surface area contributed by atoms with E-state index in [4.69, 9.17) is 9.39 Å². The molecule has 0 radical (unpaired) electrons. The maximum absolute atomic E-state index is 13.8. The van der Waals surface area contributed by atoms with Crippen molar-refractivity contribution in [3.05, 3.63) is 58.7 Å². The molecular formula is C22H23BF3NO4. The molecule has 4 rings (SSSR count). The van der Waals surface area contributed by atoms with Crippen LogP contribution in [0.2, 0.25) is 0 Å². The molecule has 9 heteroatoms. The van der Waals surface area contributed by atoms with Crippen molar-refractivity contribution >= 4 is 24.1 Å². The molecule has 2 aliphatic rings. The Morgan fingerprint density at radius 1 is 1.16 bits per heavy atom. The number of carbonyl (C=O) groups is 1. The summed E-state index contributed by atoms with van der Waals surface area (Å²) in [6.45, 7) is 5.54. The Kier molecular flexibility index (Phi) is 5.62. The van der Waals surface area contributed by atoms with Crippen LogP contribution in [0.1, 0.15) is 40.9 Å². The van der Waals surface area contributed by atoms with Crippen LogP contribution in [-0.4, -0.2) is 44.2 Å². The van der Waals surface area contributed by atoms with Crippen LogP contribution in [-0.2, 0) is 27.6 Å². The second-order valence-corrected chi connectivity index (χ2v) is 8.33. The molecule has 164 valence electrons. The molecule has 1 saturated heterocycles. The van der Waals surface area contributed by atoms with Gasteiger partial charge in [0, 0.05) is 30.8 Å². The smallest absolute Gasteiger partial charge is 0.423 e. The Labute approximate surface area is 178 Å². The summed E-state index contributed by atoms with van der Waals surface area (Å²) in [5.41, 5.74) is 0.308. The first-order chi connectivity index (χ1) is 14.6. The lowest BCUT2D eigenvalue weighted by Gasteiger charge is -2.29. The van der Waals surface area contributed by atoms with Gasteiger partial charge in [0.2, 0.25) is 0 Å². The lowest BCUT2D eigenvalue weighted by Crippen LogP contribution is -2.36. The highest BCUT2D eigenvalue weighted by atomic mass is 19.4. The first-order valence-electron chi connectivity index (χ1n) is 10.1. The molecule has 1 N–H and O–H groups in total. The Morgan fingerprint density at radius 3 is 2.55 bits per heavy atom. The fraction of sp³-hybridized carbons (Fsp3) is 0.409. The molecule has 0 unspecified atom stereocenters. The average Bonchev–Trinajstić information content (AvgIpc) is 2.95. The molecule has 31 heavy (non-hydrogen) atoms. The van der Waals surface area contributed by atoms with Crippen molar-refractivity contribution in [3.63, 3.8) is 0 Å². The number of hydrogen-bond donors (Lipinski definition) is 1. The lowest BCUT2D eigenvalue weighted by atomic mass is 9.77. The summed E-state index contributed by atoms with van der Waals surface area (Å²) in [6, 6.07) is 8.92. The van der Waals surface area contributed by atoms with Crippen molar-refractivity contribution in [1.82, 2.24) is 0 Å². The molecular weight excluding hydrogens is 410 g/mol. The highest BCUT2D eigenvalue weighted by molar-refractivity contribution is 6.62. The Bertz CT molecular complexity index is 1000. The van der Waals surface area contributed by atoms with Crippen LogP contribution in [0.4, 0.5) is 18.9 Å². The van der Waals surface area contributed by atoms with Gasteiger partial charge in [0.25, 0.3) is 0 Å². The van der Waals surface area contributed by atoms with E-state index in [9.17, 15) is 23.0 Å². The summed E-state index contributed by atoms with van der Waals surface area (Å²) >= 11 is 0. The summed E-state index contributed by atoms with van der Waals surface area (Å²) in [5.74, 6) is -0.631. The number of nitrogens with zero attached hydrogens (tertiary/aromatic N) is 1. The molecule has 0 atom stereocenters. The third-order valence-electron chi connectivity index (χ3n) is 5.79. The van der Waals surface area contributed by atoms with Gasteiger partial charge in [-0.1, -0.05) is 18.2 Å². The largest absolute Gasteiger partial charge is 0.492 e. The van der Waals surface area contributed by atoms with Crippen molar-refractivity contribution in [2.24, 2.45) is 0 Å². The quantitative estimate of drug-likeness (QED) is 0.594. The minimum absolute atomic E-state index is 0.208. The van der Waals surface area contributed by atoms with Crippen molar-refractivity contribution in [2.75, 3.05) is 31.2 Å². The molecule has 2 aliphatic heterocycles. The number of Topliss-reactive ketones (excluding diaryl/α,β-unsaturated/α-hetero) is 1. The number of benzene rings is 2. The predicted octanol–water partition coefficient (Wildman–Crippen LogP) is 2.92. The van der Waals surface area contributed by atoms with E-state index in [-0.39, 0.29) is 12.0 Å². The van der Waals surface area contributed by atoms with Crippen LogP contribution in [0.15, 0.2) is 36.4 Å².